The summed E-state index contributed by atoms with van der Waals surface area (Å²) in [6.45, 7) is 2.23. The third kappa shape index (κ3) is 3.94. The molecule has 26 heavy (non-hydrogen) atoms. The molecule has 7 heteroatoms. The van der Waals surface area contributed by atoms with Crippen LogP contribution in [-0.2, 0) is 14.8 Å². The van der Waals surface area contributed by atoms with Crippen molar-refractivity contribution in [1.82, 2.24) is 4.31 Å². The molecule has 3 rings (SSSR count). The van der Waals surface area contributed by atoms with E-state index in [4.69, 9.17) is 0 Å². The quantitative estimate of drug-likeness (QED) is 0.891. The average Bonchev–Trinajstić information content (AvgIpc) is 2.65. The SMILES string of the molecule is Cc1ccc(NC(=O)C2CCCN(S(=O)(=O)c3ccccc3)C2)c(F)c1. The Hall–Kier alpha value is -2.25. The van der Waals surface area contributed by atoms with Crippen molar-refractivity contribution >= 4 is 21.6 Å². The number of halogens is 1. The Kier molecular flexibility index (Phi) is 5.38. The fourth-order valence-electron chi connectivity index (χ4n) is 3.07. The number of carbonyl (C=O) groups excluding carboxylic acids is 1. The number of anilines is 1. The van der Waals surface area contributed by atoms with E-state index in [0.29, 0.717) is 19.4 Å². The van der Waals surface area contributed by atoms with Crippen LogP contribution < -0.4 is 5.32 Å². The fourth-order valence-corrected chi connectivity index (χ4v) is 4.62. The summed E-state index contributed by atoms with van der Waals surface area (Å²) >= 11 is 0. The summed E-state index contributed by atoms with van der Waals surface area (Å²) in [5, 5.41) is 2.58. The van der Waals surface area contributed by atoms with Gasteiger partial charge in [0.15, 0.2) is 0 Å². The first kappa shape index (κ1) is 18.5. The number of sulfonamides is 1. The van der Waals surface area contributed by atoms with E-state index in [2.05, 4.69) is 5.32 Å². The summed E-state index contributed by atoms with van der Waals surface area (Å²) in [4.78, 5) is 12.7. The second-order valence-corrected chi connectivity index (χ2v) is 8.43. The molecule has 1 unspecified atom stereocenters. The van der Waals surface area contributed by atoms with Gasteiger partial charge in [-0.1, -0.05) is 24.3 Å². The summed E-state index contributed by atoms with van der Waals surface area (Å²) in [5.41, 5.74) is 0.877. The molecule has 1 heterocycles. The molecule has 1 atom stereocenters. The van der Waals surface area contributed by atoms with Crippen LogP contribution in [0.4, 0.5) is 10.1 Å². The summed E-state index contributed by atoms with van der Waals surface area (Å²) in [6, 6.07) is 12.8. The molecule has 0 aliphatic carbocycles. The molecule has 2 aromatic carbocycles. The van der Waals surface area contributed by atoms with Gasteiger partial charge in [0.25, 0.3) is 0 Å². The monoisotopic (exact) mass is 376 g/mol. The van der Waals surface area contributed by atoms with Crippen LogP contribution in [0.15, 0.2) is 53.4 Å². The predicted molar refractivity (Wildman–Crippen MR) is 97.7 cm³/mol. The first-order valence-electron chi connectivity index (χ1n) is 8.50. The third-order valence-corrected chi connectivity index (χ3v) is 6.40. The van der Waals surface area contributed by atoms with Gasteiger partial charge in [0.1, 0.15) is 5.82 Å². The third-order valence-electron chi connectivity index (χ3n) is 4.52. The molecule has 0 radical (unpaired) electrons. The highest BCUT2D eigenvalue weighted by Crippen LogP contribution is 2.25. The van der Waals surface area contributed by atoms with E-state index in [-0.39, 0.29) is 23.0 Å². The van der Waals surface area contributed by atoms with Crippen molar-refractivity contribution in [2.24, 2.45) is 5.92 Å². The number of benzene rings is 2. The number of nitrogens with one attached hydrogen (secondary N) is 1. The minimum Gasteiger partial charge on any atom is -0.323 e. The normalized spacial score (nSPS) is 18.5. The number of aryl methyl sites for hydroxylation is 1. The lowest BCUT2D eigenvalue weighted by Gasteiger charge is -2.31. The van der Waals surface area contributed by atoms with Gasteiger partial charge >= 0.3 is 0 Å². The highest BCUT2D eigenvalue weighted by atomic mass is 32.2. The second kappa shape index (κ2) is 7.55. The van der Waals surface area contributed by atoms with Gasteiger partial charge in [0.05, 0.1) is 16.5 Å². The van der Waals surface area contributed by atoms with Crippen LogP contribution in [0.2, 0.25) is 0 Å². The van der Waals surface area contributed by atoms with E-state index in [1.54, 1.807) is 43.3 Å². The maximum absolute atomic E-state index is 13.9. The lowest BCUT2D eigenvalue weighted by Crippen LogP contribution is -2.43. The zero-order valence-electron chi connectivity index (χ0n) is 14.5. The van der Waals surface area contributed by atoms with Gasteiger partial charge in [-0.15, -0.1) is 0 Å². The van der Waals surface area contributed by atoms with Crippen LogP contribution in [0.1, 0.15) is 18.4 Å². The highest BCUT2D eigenvalue weighted by Gasteiger charge is 2.33. The first-order valence-corrected chi connectivity index (χ1v) is 9.94. The van der Waals surface area contributed by atoms with Gasteiger partial charge in [0.2, 0.25) is 15.9 Å². The molecular formula is C19H21FN2O3S. The maximum Gasteiger partial charge on any atom is 0.243 e. The topological polar surface area (TPSA) is 66.5 Å². The summed E-state index contributed by atoms with van der Waals surface area (Å²) < 4.78 is 40.8. The minimum atomic E-state index is -3.64. The van der Waals surface area contributed by atoms with Crippen molar-refractivity contribution < 1.29 is 17.6 Å². The van der Waals surface area contributed by atoms with Gasteiger partial charge in [0, 0.05) is 13.1 Å². The zero-order valence-corrected chi connectivity index (χ0v) is 15.3. The standard InChI is InChI=1S/C19H21FN2O3S/c1-14-9-10-18(17(20)12-14)21-19(23)15-6-5-11-22(13-15)26(24,25)16-7-3-2-4-8-16/h2-4,7-10,12,15H,5-6,11,13H2,1H3,(H,21,23). The Balaban J connectivity index is 1.73. The lowest BCUT2D eigenvalue weighted by atomic mass is 9.98. The van der Waals surface area contributed by atoms with Gasteiger partial charge in [-0.2, -0.15) is 4.31 Å². The van der Waals surface area contributed by atoms with Crippen molar-refractivity contribution in [3.63, 3.8) is 0 Å². The minimum absolute atomic E-state index is 0.0938. The molecule has 2 aromatic rings. The molecule has 0 aromatic heterocycles. The molecule has 0 spiro atoms. The Morgan fingerprint density at radius 3 is 2.62 bits per heavy atom. The largest absolute Gasteiger partial charge is 0.323 e. The van der Waals surface area contributed by atoms with Gasteiger partial charge in [-0.3, -0.25) is 4.79 Å². The Morgan fingerprint density at radius 2 is 1.92 bits per heavy atom. The fraction of sp³-hybridized carbons (Fsp3) is 0.316. The molecule has 138 valence electrons. The summed E-state index contributed by atoms with van der Waals surface area (Å²) in [5.74, 6) is -1.37. The molecular weight excluding hydrogens is 355 g/mol. The summed E-state index contributed by atoms with van der Waals surface area (Å²) in [6.07, 6.45) is 1.15. The van der Waals surface area contributed by atoms with E-state index in [9.17, 15) is 17.6 Å². The van der Waals surface area contributed by atoms with Crippen LogP contribution in [0.3, 0.4) is 0 Å². The van der Waals surface area contributed by atoms with E-state index in [1.807, 2.05) is 0 Å². The van der Waals surface area contributed by atoms with Gasteiger partial charge in [-0.25, -0.2) is 12.8 Å². The van der Waals surface area contributed by atoms with Gasteiger partial charge in [-0.05, 0) is 49.6 Å². The Bertz CT molecular complexity index is 900. The maximum atomic E-state index is 13.9. The van der Waals surface area contributed by atoms with Crippen molar-refractivity contribution in [3.05, 3.63) is 59.9 Å². The Labute approximate surface area is 152 Å². The number of carbonyl (C=O) groups is 1. The number of hydrogen-bond donors (Lipinski definition) is 1. The molecule has 1 N–H and O–H groups in total. The van der Waals surface area contributed by atoms with Crippen molar-refractivity contribution in [3.8, 4) is 0 Å². The molecule has 0 saturated carbocycles. The molecule has 1 aliphatic heterocycles. The van der Waals surface area contributed by atoms with Crippen LogP contribution in [0, 0.1) is 18.7 Å². The van der Waals surface area contributed by atoms with Crippen LogP contribution in [0.5, 0.6) is 0 Å². The number of nitrogens with zero attached hydrogens (tertiary/aromatic N) is 1. The smallest absolute Gasteiger partial charge is 0.243 e. The lowest BCUT2D eigenvalue weighted by molar-refractivity contribution is -0.120. The predicted octanol–water partition coefficient (Wildman–Crippen LogP) is 3.17. The average molecular weight is 376 g/mol. The van der Waals surface area contributed by atoms with Crippen LogP contribution >= 0.6 is 0 Å². The van der Waals surface area contributed by atoms with Gasteiger partial charge < -0.3 is 5.32 Å². The highest BCUT2D eigenvalue weighted by molar-refractivity contribution is 7.89. The van der Waals surface area contributed by atoms with Crippen molar-refractivity contribution in [1.29, 1.82) is 0 Å². The van der Waals surface area contributed by atoms with Crippen molar-refractivity contribution in [2.45, 2.75) is 24.7 Å². The number of rotatable bonds is 4. The zero-order chi connectivity index (χ0) is 18.7. The van der Waals surface area contributed by atoms with Crippen LogP contribution in [0.25, 0.3) is 0 Å². The molecule has 0 bridgehead atoms. The first-order chi connectivity index (χ1) is 12.4. The van der Waals surface area contributed by atoms with Crippen LogP contribution in [-0.4, -0.2) is 31.7 Å². The second-order valence-electron chi connectivity index (χ2n) is 6.49. The van der Waals surface area contributed by atoms with E-state index < -0.39 is 21.8 Å². The van der Waals surface area contributed by atoms with E-state index in [0.717, 1.165) is 5.56 Å². The number of hydrogen-bond acceptors (Lipinski definition) is 3. The van der Waals surface area contributed by atoms with Crippen molar-refractivity contribution in [2.75, 3.05) is 18.4 Å². The number of amides is 1. The van der Waals surface area contributed by atoms with E-state index >= 15 is 0 Å². The molecule has 5 nitrogen and oxygen atoms in total. The van der Waals surface area contributed by atoms with E-state index in [1.165, 1.54) is 16.4 Å². The Morgan fingerprint density at radius 1 is 1.19 bits per heavy atom. The molecule has 1 amide bonds. The molecule has 1 fully saturated rings. The number of piperidine rings is 1. The molecule has 1 saturated heterocycles. The molecule has 1 aliphatic rings. The summed E-state index contributed by atoms with van der Waals surface area (Å²) in [7, 11) is -3.64.